The molecule has 0 saturated carbocycles. The van der Waals surface area contributed by atoms with Crippen LogP contribution in [0.1, 0.15) is 13.3 Å². The molecule has 0 aromatic carbocycles. The van der Waals surface area contributed by atoms with Gasteiger partial charge in [-0.2, -0.15) is 0 Å². The minimum Gasteiger partial charge on any atom is -0.366 e. The summed E-state index contributed by atoms with van der Waals surface area (Å²) >= 11 is 0. The minimum atomic E-state index is -0.915. The molecule has 1 heterocycles. The largest absolute Gasteiger partial charge is 0.366 e. The van der Waals surface area contributed by atoms with Gasteiger partial charge in [-0.1, -0.05) is 6.92 Å². The van der Waals surface area contributed by atoms with Gasteiger partial charge in [-0.15, -0.1) is 0 Å². The van der Waals surface area contributed by atoms with Crippen LogP contribution in [-0.2, 0) is 9.53 Å². The lowest BCUT2D eigenvalue weighted by Crippen LogP contribution is -2.63. The van der Waals surface area contributed by atoms with E-state index in [0.717, 1.165) is 26.2 Å². The van der Waals surface area contributed by atoms with Crippen LogP contribution >= 0.6 is 0 Å². The second kappa shape index (κ2) is 4.72. The number of carbonyl (C=O) groups is 1. The highest BCUT2D eigenvalue weighted by molar-refractivity contribution is 5.83. The zero-order valence-electron chi connectivity index (χ0n) is 8.88. The number of nitrogens with zero attached hydrogens (tertiary/aromatic N) is 1. The Bertz CT molecular complexity index is 198. The fourth-order valence-electron chi connectivity index (χ4n) is 1.95. The molecule has 1 aliphatic rings. The van der Waals surface area contributed by atoms with Crippen LogP contribution in [-0.4, -0.2) is 49.8 Å². The number of methoxy groups -OCH3 is 1. The number of ether oxygens (including phenoxy) is 1. The van der Waals surface area contributed by atoms with Gasteiger partial charge < -0.3 is 15.8 Å². The summed E-state index contributed by atoms with van der Waals surface area (Å²) in [6, 6.07) is 0. The monoisotopic (exact) mass is 201 g/mol. The zero-order chi connectivity index (χ0) is 10.6. The SMILES string of the molecule is CCC(OC)(C(N)=O)N1CCNCC1. The molecule has 0 spiro atoms. The molecule has 0 bridgehead atoms. The van der Waals surface area contributed by atoms with Crippen LogP contribution in [0.3, 0.4) is 0 Å². The van der Waals surface area contributed by atoms with Crippen LogP contribution in [0.15, 0.2) is 0 Å². The summed E-state index contributed by atoms with van der Waals surface area (Å²) in [4.78, 5) is 13.4. The Kier molecular flexibility index (Phi) is 3.86. The third-order valence-corrected chi connectivity index (χ3v) is 2.83. The first-order valence-electron chi connectivity index (χ1n) is 4.98. The van der Waals surface area contributed by atoms with Gasteiger partial charge in [-0.3, -0.25) is 9.69 Å². The van der Waals surface area contributed by atoms with E-state index in [1.807, 2.05) is 11.8 Å². The van der Waals surface area contributed by atoms with Crippen molar-refractivity contribution in [3.63, 3.8) is 0 Å². The van der Waals surface area contributed by atoms with Crippen molar-refractivity contribution >= 4 is 5.91 Å². The third-order valence-electron chi connectivity index (χ3n) is 2.83. The van der Waals surface area contributed by atoms with E-state index in [1.54, 1.807) is 0 Å². The molecule has 3 N–H and O–H groups in total. The van der Waals surface area contributed by atoms with Gasteiger partial charge >= 0.3 is 0 Å². The third kappa shape index (κ3) is 1.89. The maximum atomic E-state index is 11.4. The van der Waals surface area contributed by atoms with Gasteiger partial charge in [0.1, 0.15) is 0 Å². The Hall–Kier alpha value is -0.650. The van der Waals surface area contributed by atoms with E-state index < -0.39 is 11.6 Å². The fourth-order valence-corrected chi connectivity index (χ4v) is 1.95. The smallest absolute Gasteiger partial charge is 0.265 e. The lowest BCUT2D eigenvalue weighted by molar-refractivity contribution is -0.172. The summed E-state index contributed by atoms with van der Waals surface area (Å²) in [6.45, 7) is 5.25. The van der Waals surface area contributed by atoms with Crippen molar-refractivity contribution in [1.29, 1.82) is 0 Å². The molecule has 0 aromatic heterocycles. The molecule has 1 atom stereocenters. The topological polar surface area (TPSA) is 67.6 Å². The average Bonchev–Trinajstić information content (AvgIpc) is 2.22. The van der Waals surface area contributed by atoms with Gasteiger partial charge in [0.05, 0.1) is 0 Å². The van der Waals surface area contributed by atoms with Crippen molar-refractivity contribution in [2.75, 3.05) is 33.3 Å². The molecule has 1 amide bonds. The molecular weight excluding hydrogens is 182 g/mol. The molecule has 0 radical (unpaired) electrons. The Morgan fingerprint density at radius 1 is 1.57 bits per heavy atom. The molecule has 1 saturated heterocycles. The lowest BCUT2D eigenvalue weighted by Gasteiger charge is -2.41. The highest BCUT2D eigenvalue weighted by atomic mass is 16.5. The normalized spacial score (nSPS) is 23.0. The second-order valence-electron chi connectivity index (χ2n) is 3.44. The maximum Gasteiger partial charge on any atom is 0.265 e. The first-order chi connectivity index (χ1) is 6.67. The molecule has 5 heteroatoms. The van der Waals surface area contributed by atoms with Crippen molar-refractivity contribution < 1.29 is 9.53 Å². The molecular formula is C9H19N3O2. The van der Waals surface area contributed by atoms with Gasteiger partial charge in [-0.25, -0.2) is 0 Å². The standard InChI is InChI=1S/C9H19N3O2/c1-3-9(14-2,8(10)13)12-6-4-11-5-7-12/h11H,3-7H2,1-2H3,(H2,10,13). The molecule has 1 aliphatic heterocycles. The number of piperazine rings is 1. The van der Waals surface area contributed by atoms with Crippen molar-refractivity contribution in [1.82, 2.24) is 10.2 Å². The molecule has 82 valence electrons. The second-order valence-corrected chi connectivity index (χ2v) is 3.44. The predicted octanol–water partition coefficient (Wildman–Crippen LogP) is -0.870. The molecule has 1 unspecified atom stereocenters. The van der Waals surface area contributed by atoms with Crippen LogP contribution < -0.4 is 11.1 Å². The summed E-state index contributed by atoms with van der Waals surface area (Å²) in [5.74, 6) is -0.399. The number of nitrogens with two attached hydrogens (primary N) is 1. The Balaban J connectivity index is 2.78. The van der Waals surface area contributed by atoms with Crippen molar-refractivity contribution in [3.05, 3.63) is 0 Å². The van der Waals surface area contributed by atoms with Gasteiger partial charge in [0.2, 0.25) is 5.72 Å². The highest BCUT2D eigenvalue weighted by Gasteiger charge is 2.41. The van der Waals surface area contributed by atoms with Crippen LogP contribution in [0.5, 0.6) is 0 Å². The van der Waals surface area contributed by atoms with Crippen molar-refractivity contribution in [3.8, 4) is 0 Å². The van der Waals surface area contributed by atoms with Crippen LogP contribution in [0.25, 0.3) is 0 Å². The van der Waals surface area contributed by atoms with Gasteiger partial charge in [0.15, 0.2) is 0 Å². The van der Waals surface area contributed by atoms with E-state index in [9.17, 15) is 4.79 Å². The van der Waals surface area contributed by atoms with E-state index in [4.69, 9.17) is 10.5 Å². The summed E-state index contributed by atoms with van der Waals surface area (Å²) in [6.07, 6.45) is 0.582. The highest BCUT2D eigenvalue weighted by Crippen LogP contribution is 2.20. The van der Waals surface area contributed by atoms with Crippen LogP contribution in [0.4, 0.5) is 0 Å². The average molecular weight is 201 g/mol. The zero-order valence-corrected chi connectivity index (χ0v) is 8.88. The molecule has 0 aromatic rings. The van der Waals surface area contributed by atoms with Gasteiger partial charge in [-0.05, 0) is 6.42 Å². The lowest BCUT2D eigenvalue weighted by atomic mass is 10.1. The van der Waals surface area contributed by atoms with Crippen LogP contribution in [0.2, 0.25) is 0 Å². The number of amides is 1. The van der Waals surface area contributed by atoms with Crippen molar-refractivity contribution in [2.45, 2.75) is 19.1 Å². The quantitative estimate of drug-likeness (QED) is 0.620. The molecule has 14 heavy (non-hydrogen) atoms. The van der Waals surface area contributed by atoms with E-state index in [-0.39, 0.29) is 0 Å². The van der Waals surface area contributed by atoms with Crippen molar-refractivity contribution in [2.24, 2.45) is 5.73 Å². The van der Waals surface area contributed by atoms with Gasteiger partial charge in [0.25, 0.3) is 5.91 Å². The molecule has 5 nitrogen and oxygen atoms in total. The van der Waals surface area contributed by atoms with Gasteiger partial charge in [0, 0.05) is 33.3 Å². The number of primary amides is 1. The summed E-state index contributed by atoms with van der Waals surface area (Å²) in [7, 11) is 1.54. The van der Waals surface area contributed by atoms with E-state index in [1.165, 1.54) is 7.11 Å². The Morgan fingerprint density at radius 3 is 2.50 bits per heavy atom. The molecule has 1 rings (SSSR count). The Labute approximate surface area is 84.6 Å². The predicted molar refractivity (Wildman–Crippen MR) is 53.7 cm³/mol. The summed E-state index contributed by atoms with van der Waals surface area (Å²) in [5, 5.41) is 3.22. The van der Waals surface area contributed by atoms with E-state index in [2.05, 4.69) is 5.32 Å². The molecule has 0 aliphatic carbocycles. The van der Waals surface area contributed by atoms with Crippen LogP contribution in [0, 0.1) is 0 Å². The first-order valence-corrected chi connectivity index (χ1v) is 4.98. The first kappa shape index (κ1) is 11.4. The number of rotatable bonds is 4. The number of hydrogen-bond acceptors (Lipinski definition) is 4. The van der Waals surface area contributed by atoms with E-state index in [0.29, 0.717) is 6.42 Å². The summed E-state index contributed by atoms with van der Waals surface area (Å²) in [5.41, 5.74) is 4.48. The minimum absolute atomic E-state index is 0.399. The number of nitrogens with one attached hydrogen (secondary N) is 1. The summed E-state index contributed by atoms with van der Waals surface area (Å²) < 4.78 is 5.31. The number of hydrogen-bond donors (Lipinski definition) is 2. The Morgan fingerprint density at radius 2 is 2.14 bits per heavy atom. The van der Waals surface area contributed by atoms with E-state index >= 15 is 0 Å². The molecule has 1 fully saturated rings. The maximum absolute atomic E-state index is 11.4. The number of carbonyl (C=O) groups excluding carboxylic acids is 1. The fraction of sp³-hybridized carbons (Fsp3) is 0.889.